The van der Waals surface area contributed by atoms with Gasteiger partial charge in [-0.25, -0.2) is 5.43 Å². The summed E-state index contributed by atoms with van der Waals surface area (Å²) in [6.07, 6.45) is 1.13. The molecule has 0 atom stereocenters. The molecule has 0 radical (unpaired) electrons. The molecule has 0 fully saturated rings. The Kier molecular flexibility index (Phi) is 5.72. The average Bonchev–Trinajstić information content (AvgIpc) is 2.58. The molecule has 0 aromatic heterocycles. The highest BCUT2D eigenvalue weighted by molar-refractivity contribution is 5.99. The largest absolute Gasteiger partial charge is 0.497 e. The third-order valence-corrected chi connectivity index (χ3v) is 3.34. The Bertz CT molecular complexity index is 634. The molecule has 114 valence electrons. The van der Waals surface area contributed by atoms with Gasteiger partial charge in [0.15, 0.2) is 0 Å². The monoisotopic (exact) mass is 296 g/mol. The number of nitrogens with zero attached hydrogens (tertiary/aromatic N) is 1. The molecule has 0 aliphatic heterocycles. The number of amides is 1. The minimum absolute atomic E-state index is 0.0864. The predicted molar refractivity (Wildman–Crippen MR) is 88.1 cm³/mol. The van der Waals surface area contributed by atoms with Gasteiger partial charge < -0.3 is 4.74 Å². The van der Waals surface area contributed by atoms with Crippen LogP contribution in [0.25, 0.3) is 0 Å². The molecule has 22 heavy (non-hydrogen) atoms. The summed E-state index contributed by atoms with van der Waals surface area (Å²) in [5.74, 6) is 0.708. The second kappa shape index (κ2) is 7.98. The molecule has 2 rings (SSSR count). The minimum Gasteiger partial charge on any atom is -0.497 e. The van der Waals surface area contributed by atoms with Crippen LogP contribution in [0.1, 0.15) is 24.5 Å². The van der Waals surface area contributed by atoms with Crippen molar-refractivity contribution in [2.45, 2.75) is 19.8 Å². The number of carbonyl (C=O) groups is 1. The lowest BCUT2D eigenvalue weighted by atomic mass is 10.1. The van der Waals surface area contributed by atoms with Gasteiger partial charge in [-0.2, -0.15) is 5.10 Å². The van der Waals surface area contributed by atoms with Gasteiger partial charge in [0.05, 0.1) is 12.8 Å². The van der Waals surface area contributed by atoms with Gasteiger partial charge in [0.2, 0.25) is 5.91 Å². The number of hydrazone groups is 1. The fourth-order valence-corrected chi connectivity index (χ4v) is 2.00. The molecule has 0 bridgehead atoms. The topological polar surface area (TPSA) is 50.7 Å². The van der Waals surface area contributed by atoms with Crippen LogP contribution in [0.15, 0.2) is 59.7 Å². The number of hydrogen-bond acceptors (Lipinski definition) is 3. The molecule has 0 spiro atoms. The van der Waals surface area contributed by atoms with Gasteiger partial charge in [-0.05, 0) is 48.7 Å². The normalized spacial score (nSPS) is 11.1. The van der Waals surface area contributed by atoms with E-state index in [1.54, 1.807) is 7.11 Å². The van der Waals surface area contributed by atoms with E-state index >= 15 is 0 Å². The van der Waals surface area contributed by atoms with E-state index in [4.69, 9.17) is 4.74 Å². The predicted octanol–water partition coefficient (Wildman–Crippen LogP) is 3.17. The third-order valence-electron chi connectivity index (χ3n) is 3.34. The van der Waals surface area contributed by atoms with Crippen LogP contribution in [0, 0.1) is 0 Å². The van der Waals surface area contributed by atoms with Crippen LogP contribution in [0.2, 0.25) is 0 Å². The van der Waals surface area contributed by atoms with Crippen LogP contribution in [-0.2, 0) is 11.2 Å². The summed E-state index contributed by atoms with van der Waals surface area (Å²) in [4.78, 5) is 11.8. The van der Waals surface area contributed by atoms with Crippen LogP contribution < -0.4 is 10.2 Å². The van der Waals surface area contributed by atoms with E-state index in [0.717, 1.165) is 22.6 Å². The van der Waals surface area contributed by atoms with Crippen LogP contribution in [0.4, 0.5) is 0 Å². The zero-order chi connectivity index (χ0) is 15.8. The maximum atomic E-state index is 11.8. The van der Waals surface area contributed by atoms with Crippen molar-refractivity contribution >= 4 is 11.6 Å². The van der Waals surface area contributed by atoms with Crippen LogP contribution in [0.5, 0.6) is 5.75 Å². The second-order valence-corrected chi connectivity index (χ2v) is 4.95. The third kappa shape index (κ3) is 4.74. The Labute approximate surface area is 130 Å². The molecule has 0 saturated heterocycles. The molecule has 0 saturated carbocycles. The molecule has 0 aliphatic rings. The Morgan fingerprint density at radius 1 is 1.09 bits per heavy atom. The molecule has 1 N–H and O–H groups in total. The van der Waals surface area contributed by atoms with Gasteiger partial charge in [-0.15, -0.1) is 0 Å². The summed E-state index contributed by atoms with van der Waals surface area (Å²) >= 11 is 0. The fraction of sp³-hybridized carbons (Fsp3) is 0.222. The van der Waals surface area contributed by atoms with Crippen LogP contribution in [0.3, 0.4) is 0 Å². The zero-order valence-corrected chi connectivity index (χ0v) is 12.9. The molecule has 4 nitrogen and oxygen atoms in total. The summed E-state index contributed by atoms with van der Waals surface area (Å²) in [5.41, 5.74) is 5.45. The lowest BCUT2D eigenvalue weighted by Gasteiger charge is -2.04. The smallest absolute Gasteiger partial charge is 0.240 e. The van der Waals surface area contributed by atoms with Crippen molar-refractivity contribution in [1.82, 2.24) is 5.43 Å². The van der Waals surface area contributed by atoms with Gasteiger partial charge in [-0.3, -0.25) is 4.79 Å². The van der Waals surface area contributed by atoms with Crippen molar-refractivity contribution in [2.24, 2.45) is 5.10 Å². The molecule has 0 aliphatic carbocycles. The summed E-state index contributed by atoms with van der Waals surface area (Å²) < 4.78 is 5.11. The van der Waals surface area contributed by atoms with Crippen LogP contribution in [-0.4, -0.2) is 18.7 Å². The second-order valence-electron chi connectivity index (χ2n) is 4.95. The lowest BCUT2D eigenvalue weighted by Crippen LogP contribution is -2.19. The number of ether oxygens (including phenoxy) is 1. The van der Waals surface area contributed by atoms with E-state index in [9.17, 15) is 4.79 Å². The van der Waals surface area contributed by atoms with Crippen molar-refractivity contribution in [3.8, 4) is 5.75 Å². The van der Waals surface area contributed by atoms with Crippen LogP contribution >= 0.6 is 0 Å². The van der Waals surface area contributed by atoms with Gasteiger partial charge in [-0.1, -0.05) is 30.3 Å². The van der Waals surface area contributed by atoms with E-state index in [2.05, 4.69) is 10.5 Å². The maximum absolute atomic E-state index is 11.8. The number of carbonyl (C=O) groups excluding carboxylic acids is 1. The maximum Gasteiger partial charge on any atom is 0.240 e. The first-order valence-electron chi connectivity index (χ1n) is 7.20. The molecule has 0 heterocycles. The molecule has 2 aromatic rings. The summed E-state index contributed by atoms with van der Waals surface area (Å²) in [6, 6.07) is 17.5. The Morgan fingerprint density at radius 3 is 2.41 bits per heavy atom. The molecular formula is C18H20N2O2. The minimum atomic E-state index is -0.0864. The van der Waals surface area contributed by atoms with Gasteiger partial charge >= 0.3 is 0 Å². The Balaban J connectivity index is 1.85. The number of methoxy groups -OCH3 is 1. The standard InChI is InChI=1S/C18H20N2O2/c1-14(16-9-11-17(22-2)12-10-16)19-20-18(21)13-8-15-6-4-3-5-7-15/h3-7,9-12H,8,13H2,1-2H3,(H,20,21)/b19-14-. The highest BCUT2D eigenvalue weighted by Crippen LogP contribution is 2.11. The number of benzene rings is 2. The van der Waals surface area contributed by atoms with Crippen molar-refractivity contribution in [1.29, 1.82) is 0 Å². The Morgan fingerprint density at radius 2 is 1.77 bits per heavy atom. The van der Waals surface area contributed by atoms with Gasteiger partial charge in [0, 0.05) is 6.42 Å². The number of aryl methyl sites for hydroxylation is 1. The fourth-order valence-electron chi connectivity index (χ4n) is 2.00. The van der Waals surface area contributed by atoms with Crippen molar-refractivity contribution in [3.63, 3.8) is 0 Å². The van der Waals surface area contributed by atoms with Crippen molar-refractivity contribution in [2.75, 3.05) is 7.11 Å². The van der Waals surface area contributed by atoms with E-state index in [1.165, 1.54) is 0 Å². The molecular weight excluding hydrogens is 276 g/mol. The summed E-state index contributed by atoms with van der Waals surface area (Å²) in [5, 5.41) is 4.14. The SMILES string of the molecule is COc1ccc(/C(C)=N\NC(=O)CCc2ccccc2)cc1. The summed E-state index contributed by atoms with van der Waals surface area (Å²) in [6.45, 7) is 1.86. The van der Waals surface area contributed by atoms with E-state index in [-0.39, 0.29) is 5.91 Å². The quantitative estimate of drug-likeness (QED) is 0.657. The average molecular weight is 296 g/mol. The zero-order valence-electron chi connectivity index (χ0n) is 12.9. The molecule has 4 heteroatoms. The highest BCUT2D eigenvalue weighted by Gasteiger charge is 2.02. The van der Waals surface area contributed by atoms with Gasteiger partial charge in [0.25, 0.3) is 0 Å². The molecule has 2 aromatic carbocycles. The van der Waals surface area contributed by atoms with Crippen molar-refractivity contribution < 1.29 is 9.53 Å². The Hall–Kier alpha value is -2.62. The lowest BCUT2D eigenvalue weighted by molar-refractivity contribution is -0.121. The first kappa shape index (κ1) is 15.8. The van der Waals surface area contributed by atoms with Crippen molar-refractivity contribution in [3.05, 3.63) is 65.7 Å². The first-order valence-corrected chi connectivity index (χ1v) is 7.20. The molecule has 1 amide bonds. The van der Waals surface area contributed by atoms with E-state index in [1.807, 2.05) is 61.5 Å². The van der Waals surface area contributed by atoms with E-state index < -0.39 is 0 Å². The van der Waals surface area contributed by atoms with E-state index in [0.29, 0.717) is 12.8 Å². The highest BCUT2D eigenvalue weighted by atomic mass is 16.5. The van der Waals surface area contributed by atoms with Gasteiger partial charge in [0.1, 0.15) is 5.75 Å². The number of rotatable bonds is 6. The number of hydrogen-bond donors (Lipinski definition) is 1. The number of nitrogens with one attached hydrogen (secondary N) is 1. The molecule has 0 unspecified atom stereocenters. The first-order chi connectivity index (χ1) is 10.7. The summed E-state index contributed by atoms with van der Waals surface area (Å²) in [7, 11) is 1.63.